The van der Waals surface area contributed by atoms with Gasteiger partial charge in [-0.25, -0.2) is 16.8 Å². The second-order valence-corrected chi connectivity index (χ2v) is 10.3. The summed E-state index contributed by atoms with van der Waals surface area (Å²) in [5.41, 5.74) is -2.25. The first-order chi connectivity index (χ1) is 13.5. The third-order valence-electron chi connectivity index (χ3n) is 4.00. The van der Waals surface area contributed by atoms with Crippen molar-refractivity contribution in [1.82, 2.24) is 0 Å². The average Bonchev–Trinajstić information content (AvgIpc) is 2.49. The topological polar surface area (TPSA) is 123 Å². The molecule has 0 saturated carbocycles. The van der Waals surface area contributed by atoms with Crippen molar-refractivity contribution >= 4 is 25.5 Å². The van der Waals surface area contributed by atoms with Crippen LogP contribution in [-0.4, -0.2) is 33.9 Å². The number of sulfonamides is 1. The summed E-state index contributed by atoms with van der Waals surface area (Å²) in [6, 6.07) is 5.63. The van der Waals surface area contributed by atoms with Gasteiger partial charge in [0.15, 0.2) is 0 Å². The Morgan fingerprint density at radius 3 is 2.03 bits per heavy atom. The lowest BCUT2D eigenvalue weighted by Crippen LogP contribution is -2.17. The molecule has 0 heterocycles. The maximum Gasteiger partial charge on any atom is 0.419 e. The van der Waals surface area contributed by atoms with Crippen LogP contribution in [0, 0.1) is 24.0 Å². The highest BCUT2D eigenvalue weighted by molar-refractivity contribution is 7.92. The number of nitrogens with zero attached hydrogens (tertiary/aromatic N) is 1. The summed E-state index contributed by atoms with van der Waals surface area (Å²) >= 11 is 0. The molecule has 0 amide bonds. The molecule has 13 heteroatoms. The summed E-state index contributed by atoms with van der Waals surface area (Å²) in [4.78, 5) is 9.31. The Morgan fingerprint density at radius 2 is 1.60 bits per heavy atom. The molecule has 0 bridgehead atoms. The molecule has 164 valence electrons. The minimum Gasteiger partial charge on any atom is -0.283 e. The van der Waals surface area contributed by atoms with Crippen molar-refractivity contribution in [2.45, 2.75) is 24.9 Å². The second kappa shape index (κ2) is 7.87. The Hall–Kier alpha value is -2.67. The van der Waals surface area contributed by atoms with Crippen LogP contribution in [0.4, 0.5) is 18.9 Å². The second-order valence-electron chi connectivity index (χ2n) is 6.62. The van der Waals surface area contributed by atoms with Gasteiger partial charge in [0.25, 0.3) is 0 Å². The fourth-order valence-corrected chi connectivity index (χ4v) is 5.26. The number of nitrogens with one attached hydrogen (secondary N) is 1. The lowest BCUT2D eigenvalue weighted by Gasteiger charge is -2.19. The van der Waals surface area contributed by atoms with E-state index in [9.17, 15) is 40.1 Å². The monoisotopic (exact) mass is 466 g/mol. The summed E-state index contributed by atoms with van der Waals surface area (Å²) in [5, 5.41) is 10.7. The molecule has 0 aliphatic carbocycles. The molecule has 0 radical (unpaired) electrons. The van der Waals surface area contributed by atoms with E-state index >= 15 is 0 Å². The maximum atomic E-state index is 13.8. The molecule has 0 aliphatic heterocycles. The summed E-state index contributed by atoms with van der Waals surface area (Å²) < 4.78 is 90.7. The molecule has 0 aromatic heterocycles. The van der Waals surface area contributed by atoms with Crippen molar-refractivity contribution < 1.29 is 34.9 Å². The Kier molecular flexibility index (Phi) is 6.19. The SMILES string of the molecule is Cc1cc(-c2cccc(NS(C)(=O)=O)c2C(F)(F)F)cc(C)c1S(=O)(=O)C[N+](=O)[O-]. The predicted molar refractivity (Wildman–Crippen MR) is 104 cm³/mol. The van der Waals surface area contributed by atoms with E-state index in [4.69, 9.17) is 0 Å². The Labute approximate surface area is 170 Å². The van der Waals surface area contributed by atoms with Crippen LogP contribution in [0.5, 0.6) is 0 Å². The summed E-state index contributed by atoms with van der Waals surface area (Å²) in [6.07, 6.45) is -4.22. The Balaban J connectivity index is 2.77. The van der Waals surface area contributed by atoms with Gasteiger partial charge in [0, 0.05) is 4.92 Å². The molecule has 0 saturated heterocycles. The van der Waals surface area contributed by atoms with Crippen LogP contribution in [0.1, 0.15) is 16.7 Å². The van der Waals surface area contributed by atoms with Crippen LogP contribution in [-0.2, 0) is 26.0 Å². The van der Waals surface area contributed by atoms with E-state index in [1.54, 1.807) is 0 Å². The third-order valence-corrected chi connectivity index (χ3v) is 6.41. The smallest absolute Gasteiger partial charge is 0.283 e. The zero-order chi connectivity index (χ0) is 23.1. The van der Waals surface area contributed by atoms with Gasteiger partial charge in [-0.2, -0.15) is 13.2 Å². The highest BCUT2D eigenvalue weighted by atomic mass is 32.2. The van der Waals surface area contributed by atoms with Crippen molar-refractivity contribution in [2.24, 2.45) is 0 Å². The standard InChI is InChI=1S/C17H17F3N2O6S2/c1-10-7-12(8-11(2)16(10)30(27,28)9-22(23)24)13-5-4-6-14(21-29(3,25)26)15(13)17(18,19)20/h4-8,21H,9H2,1-3H3. The van der Waals surface area contributed by atoms with Crippen molar-refractivity contribution in [3.05, 3.63) is 57.1 Å². The van der Waals surface area contributed by atoms with Crippen molar-refractivity contribution in [3.8, 4) is 11.1 Å². The molecule has 0 fully saturated rings. The zero-order valence-electron chi connectivity index (χ0n) is 15.9. The Bertz CT molecular complexity index is 1200. The van der Waals surface area contributed by atoms with E-state index in [0.29, 0.717) is 6.26 Å². The van der Waals surface area contributed by atoms with Gasteiger partial charge in [-0.15, -0.1) is 0 Å². The number of rotatable bonds is 6. The maximum absolute atomic E-state index is 13.8. The highest BCUT2D eigenvalue weighted by Gasteiger charge is 2.37. The number of sulfone groups is 1. The van der Waals surface area contributed by atoms with Gasteiger partial charge in [0.05, 0.1) is 22.4 Å². The normalized spacial score (nSPS) is 12.6. The van der Waals surface area contributed by atoms with Gasteiger partial charge in [-0.05, 0) is 42.2 Å². The van der Waals surface area contributed by atoms with E-state index in [-0.39, 0.29) is 27.1 Å². The average molecular weight is 466 g/mol. The first-order valence-corrected chi connectivity index (χ1v) is 11.7. The lowest BCUT2D eigenvalue weighted by molar-refractivity contribution is -0.458. The first-order valence-electron chi connectivity index (χ1n) is 8.17. The van der Waals surface area contributed by atoms with Gasteiger partial charge in [0.2, 0.25) is 19.9 Å². The molecule has 0 aliphatic rings. The molecular formula is C17H17F3N2O6S2. The molecule has 30 heavy (non-hydrogen) atoms. The zero-order valence-corrected chi connectivity index (χ0v) is 17.6. The van der Waals surface area contributed by atoms with Crippen molar-refractivity contribution in [1.29, 1.82) is 0 Å². The van der Waals surface area contributed by atoms with Gasteiger partial charge in [0.1, 0.15) is 0 Å². The van der Waals surface area contributed by atoms with Crippen molar-refractivity contribution in [2.75, 3.05) is 16.9 Å². The minimum absolute atomic E-state index is 0.0190. The minimum atomic E-state index is -4.93. The third kappa shape index (κ3) is 5.27. The molecule has 1 N–H and O–H groups in total. The number of halogens is 3. The number of anilines is 1. The van der Waals surface area contributed by atoms with Crippen LogP contribution in [0.25, 0.3) is 11.1 Å². The summed E-state index contributed by atoms with van der Waals surface area (Å²) in [7, 11) is -8.31. The Morgan fingerprint density at radius 1 is 1.07 bits per heavy atom. The largest absolute Gasteiger partial charge is 0.419 e. The molecular weight excluding hydrogens is 449 g/mol. The molecule has 8 nitrogen and oxygen atoms in total. The van der Waals surface area contributed by atoms with Gasteiger partial charge in [-0.1, -0.05) is 24.3 Å². The van der Waals surface area contributed by atoms with Crippen LogP contribution in [0.15, 0.2) is 35.2 Å². The molecule has 0 unspecified atom stereocenters. The number of hydrogen-bond acceptors (Lipinski definition) is 6. The lowest BCUT2D eigenvalue weighted by atomic mass is 9.95. The quantitative estimate of drug-likeness (QED) is 0.514. The summed E-state index contributed by atoms with van der Waals surface area (Å²) in [6.45, 7) is 2.63. The molecule has 2 aromatic carbocycles. The van der Waals surface area contributed by atoms with Crippen LogP contribution in [0.3, 0.4) is 0 Å². The fraction of sp³-hybridized carbons (Fsp3) is 0.294. The van der Waals surface area contributed by atoms with Crippen molar-refractivity contribution in [3.63, 3.8) is 0 Å². The molecule has 2 rings (SSSR count). The van der Waals surface area contributed by atoms with Gasteiger partial charge < -0.3 is 0 Å². The molecule has 2 aromatic rings. The van der Waals surface area contributed by atoms with Crippen LogP contribution < -0.4 is 4.72 Å². The van der Waals surface area contributed by atoms with E-state index in [1.165, 1.54) is 19.9 Å². The van der Waals surface area contributed by atoms with E-state index < -0.39 is 48.1 Å². The predicted octanol–water partition coefficient (Wildman–Crippen LogP) is 3.37. The highest BCUT2D eigenvalue weighted by Crippen LogP contribution is 2.43. The van der Waals surface area contributed by atoms with Gasteiger partial charge >= 0.3 is 12.1 Å². The van der Waals surface area contributed by atoms with Crippen LogP contribution in [0.2, 0.25) is 0 Å². The number of hydrogen-bond donors (Lipinski definition) is 1. The number of aryl methyl sites for hydroxylation is 2. The number of alkyl halides is 3. The number of nitro groups is 1. The van der Waals surface area contributed by atoms with Gasteiger partial charge in [-0.3, -0.25) is 14.8 Å². The van der Waals surface area contributed by atoms with Crippen LogP contribution >= 0.6 is 0 Å². The van der Waals surface area contributed by atoms with E-state index in [2.05, 4.69) is 0 Å². The molecule has 0 spiro atoms. The number of benzene rings is 2. The van der Waals surface area contributed by atoms with E-state index in [0.717, 1.165) is 24.3 Å². The summed E-state index contributed by atoms with van der Waals surface area (Å²) in [5.74, 6) is -1.35. The fourth-order valence-electron chi connectivity index (χ4n) is 3.18. The van der Waals surface area contributed by atoms with E-state index in [1.807, 2.05) is 4.72 Å². The molecule has 0 atom stereocenters. The first kappa shape index (κ1) is 23.6.